The maximum absolute atomic E-state index is 10.8. The van der Waals surface area contributed by atoms with Gasteiger partial charge in [0.25, 0.3) is 0 Å². The van der Waals surface area contributed by atoms with E-state index in [4.69, 9.17) is 5.11 Å². The summed E-state index contributed by atoms with van der Waals surface area (Å²) in [5.41, 5.74) is 3.13. The SMILES string of the molecule is O=C(O)Cc1ccccc1Cc1ccc(Br)cc1. The summed E-state index contributed by atoms with van der Waals surface area (Å²) >= 11 is 3.40. The van der Waals surface area contributed by atoms with Crippen molar-refractivity contribution in [3.63, 3.8) is 0 Å². The van der Waals surface area contributed by atoms with Crippen LogP contribution >= 0.6 is 15.9 Å². The quantitative estimate of drug-likeness (QED) is 0.936. The Balaban J connectivity index is 2.23. The van der Waals surface area contributed by atoms with Crippen LogP contribution in [0.3, 0.4) is 0 Å². The number of carbonyl (C=O) groups is 1. The van der Waals surface area contributed by atoms with Gasteiger partial charge in [-0.1, -0.05) is 52.3 Å². The zero-order valence-electron chi connectivity index (χ0n) is 9.77. The summed E-state index contributed by atoms with van der Waals surface area (Å²) < 4.78 is 1.05. The molecule has 0 aliphatic carbocycles. The van der Waals surface area contributed by atoms with Crippen molar-refractivity contribution >= 4 is 21.9 Å². The van der Waals surface area contributed by atoms with Crippen LogP contribution in [0.4, 0.5) is 0 Å². The van der Waals surface area contributed by atoms with E-state index in [0.29, 0.717) is 0 Å². The molecule has 2 nitrogen and oxygen atoms in total. The van der Waals surface area contributed by atoms with Crippen molar-refractivity contribution in [2.24, 2.45) is 0 Å². The molecule has 0 amide bonds. The largest absolute Gasteiger partial charge is 0.481 e. The van der Waals surface area contributed by atoms with E-state index in [1.807, 2.05) is 48.5 Å². The van der Waals surface area contributed by atoms with Crippen LogP contribution in [0.1, 0.15) is 16.7 Å². The van der Waals surface area contributed by atoms with Crippen molar-refractivity contribution in [3.05, 3.63) is 69.7 Å². The average Bonchev–Trinajstić information content (AvgIpc) is 2.34. The van der Waals surface area contributed by atoms with Crippen LogP contribution in [0.5, 0.6) is 0 Å². The fraction of sp³-hybridized carbons (Fsp3) is 0.133. The minimum Gasteiger partial charge on any atom is -0.481 e. The number of hydrogen-bond acceptors (Lipinski definition) is 1. The highest BCUT2D eigenvalue weighted by Crippen LogP contribution is 2.17. The van der Waals surface area contributed by atoms with E-state index in [1.54, 1.807) is 0 Å². The summed E-state index contributed by atoms with van der Waals surface area (Å²) in [5, 5.41) is 8.89. The van der Waals surface area contributed by atoms with Crippen LogP contribution in [0, 0.1) is 0 Å². The highest BCUT2D eigenvalue weighted by atomic mass is 79.9. The van der Waals surface area contributed by atoms with Gasteiger partial charge in [0, 0.05) is 4.47 Å². The van der Waals surface area contributed by atoms with Gasteiger partial charge in [-0.3, -0.25) is 4.79 Å². The molecule has 18 heavy (non-hydrogen) atoms. The van der Waals surface area contributed by atoms with Crippen LogP contribution in [0.2, 0.25) is 0 Å². The Kier molecular flexibility index (Phi) is 4.15. The molecule has 0 aromatic heterocycles. The Morgan fingerprint density at radius 3 is 2.22 bits per heavy atom. The van der Waals surface area contributed by atoms with Gasteiger partial charge in [-0.2, -0.15) is 0 Å². The molecule has 1 N–H and O–H groups in total. The van der Waals surface area contributed by atoms with E-state index in [2.05, 4.69) is 15.9 Å². The first-order valence-electron chi connectivity index (χ1n) is 5.68. The van der Waals surface area contributed by atoms with Gasteiger partial charge in [0.15, 0.2) is 0 Å². The number of carboxylic acid groups (broad SMARTS) is 1. The van der Waals surface area contributed by atoms with E-state index in [9.17, 15) is 4.79 Å². The lowest BCUT2D eigenvalue weighted by Gasteiger charge is -2.08. The number of carboxylic acids is 1. The molecule has 92 valence electrons. The fourth-order valence-corrected chi connectivity index (χ4v) is 2.15. The van der Waals surface area contributed by atoms with E-state index in [0.717, 1.165) is 22.0 Å². The summed E-state index contributed by atoms with van der Waals surface area (Å²) in [7, 11) is 0. The molecule has 2 aromatic rings. The molecule has 2 rings (SSSR count). The molecule has 0 spiro atoms. The predicted octanol–water partition coefficient (Wildman–Crippen LogP) is 3.67. The van der Waals surface area contributed by atoms with Crippen molar-refractivity contribution in [1.82, 2.24) is 0 Å². The van der Waals surface area contributed by atoms with Crippen LogP contribution in [-0.4, -0.2) is 11.1 Å². The van der Waals surface area contributed by atoms with Gasteiger partial charge in [-0.15, -0.1) is 0 Å². The first-order chi connectivity index (χ1) is 8.65. The molecule has 3 heteroatoms. The highest BCUT2D eigenvalue weighted by molar-refractivity contribution is 9.10. The number of aliphatic carboxylic acids is 1. The van der Waals surface area contributed by atoms with E-state index in [-0.39, 0.29) is 6.42 Å². The summed E-state index contributed by atoms with van der Waals surface area (Å²) in [6, 6.07) is 15.8. The normalized spacial score (nSPS) is 10.3. The summed E-state index contributed by atoms with van der Waals surface area (Å²) in [6.07, 6.45) is 0.837. The fourth-order valence-electron chi connectivity index (χ4n) is 1.89. The van der Waals surface area contributed by atoms with Gasteiger partial charge in [-0.05, 0) is 35.2 Å². The minimum atomic E-state index is -0.793. The predicted molar refractivity (Wildman–Crippen MR) is 74.7 cm³/mol. The smallest absolute Gasteiger partial charge is 0.307 e. The van der Waals surface area contributed by atoms with Crippen LogP contribution in [0.15, 0.2) is 53.0 Å². The molecule has 0 bridgehead atoms. The molecule has 0 aliphatic heterocycles. The Morgan fingerprint density at radius 1 is 1.00 bits per heavy atom. The first-order valence-corrected chi connectivity index (χ1v) is 6.47. The van der Waals surface area contributed by atoms with Crippen LogP contribution < -0.4 is 0 Å². The molecular formula is C15H13BrO2. The van der Waals surface area contributed by atoms with Gasteiger partial charge in [0.05, 0.1) is 6.42 Å². The summed E-state index contributed by atoms with van der Waals surface area (Å²) in [4.78, 5) is 10.8. The lowest BCUT2D eigenvalue weighted by Crippen LogP contribution is -2.03. The van der Waals surface area contributed by atoms with Gasteiger partial charge < -0.3 is 5.11 Å². The molecule has 0 radical (unpaired) electrons. The zero-order valence-corrected chi connectivity index (χ0v) is 11.4. The van der Waals surface area contributed by atoms with Crippen LogP contribution in [-0.2, 0) is 17.6 Å². The highest BCUT2D eigenvalue weighted by Gasteiger charge is 2.06. The molecule has 0 atom stereocenters. The van der Waals surface area contributed by atoms with Gasteiger partial charge in [0.1, 0.15) is 0 Å². The maximum atomic E-state index is 10.8. The average molecular weight is 305 g/mol. The second-order valence-corrected chi connectivity index (χ2v) is 5.06. The number of hydrogen-bond donors (Lipinski definition) is 1. The third kappa shape index (κ3) is 3.44. The van der Waals surface area contributed by atoms with Gasteiger partial charge in [-0.25, -0.2) is 0 Å². The van der Waals surface area contributed by atoms with E-state index >= 15 is 0 Å². The molecule has 0 saturated heterocycles. The minimum absolute atomic E-state index is 0.0761. The van der Waals surface area contributed by atoms with Crippen molar-refractivity contribution in [3.8, 4) is 0 Å². The summed E-state index contributed by atoms with van der Waals surface area (Å²) in [5.74, 6) is -0.793. The molecule has 0 aliphatic rings. The Bertz CT molecular complexity index is 547. The monoisotopic (exact) mass is 304 g/mol. The number of halogens is 1. The zero-order chi connectivity index (χ0) is 13.0. The Hall–Kier alpha value is -1.61. The maximum Gasteiger partial charge on any atom is 0.307 e. The molecule has 2 aromatic carbocycles. The third-order valence-corrected chi connectivity index (χ3v) is 3.30. The lowest BCUT2D eigenvalue weighted by molar-refractivity contribution is -0.136. The van der Waals surface area contributed by atoms with E-state index < -0.39 is 5.97 Å². The van der Waals surface area contributed by atoms with Gasteiger partial charge in [0.2, 0.25) is 0 Å². The number of benzene rings is 2. The second kappa shape index (κ2) is 5.83. The molecule has 0 heterocycles. The van der Waals surface area contributed by atoms with Crippen molar-refractivity contribution in [2.75, 3.05) is 0 Å². The Morgan fingerprint density at radius 2 is 1.61 bits per heavy atom. The molecule has 0 fully saturated rings. The topological polar surface area (TPSA) is 37.3 Å². The molecular weight excluding hydrogens is 292 g/mol. The van der Waals surface area contributed by atoms with Crippen molar-refractivity contribution in [1.29, 1.82) is 0 Å². The molecule has 0 unspecified atom stereocenters. The number of rotatable bonds is 4. The van der Waals surface area contributed by atoms with Crippen molar-refractivity contribution < 1.29 is 9.90 Å². The lowest BCUT2D eigenvalue weighted by atomic mass is 9.98. The van der Waals surface area contributed by atoms with Gasteiger partial charge >= 0.3 is 5.97 Å². The third-order valence-electron chi connectivity index (χ3n) is 2.77. The standard InChI is InChI=1S/C15H13BrO2/c16-14-7-5-11(6-8-14)9-12-3-1-2-4-13(12)10-15(17)18/h1-8H,9-10H2,(H,17,18). The summed E-state index contributed by atoms with van der Waals surface area (Å²) in [6.45, 7) is 0. The Labute approximate surface area is 114 Å². The van der Waals surface area contributed by atoms with Crippen molar-refractivity contribution in [2.45, 2.75) is 12.8 Å². The first kappa shape index (κ1) is 12.8. The molecule has 0 saturated carbocycles. The van der Waals surface area contributed by atoms with E-state index in [1.165, 1.54) is 5.56 Å². The van der Waals surface area contributed by atoms with Crippen LogP contribution in [0.25, 0.3) is 0 Å². The second-order valence-electron chi connectivity index (χ2n) is 4.14.